The average molecular weight is 357 g/mol. The summed E-state index contributed by atoms with van der Waals surface area (Å²) in [6.45, 7) is 3.90. The molecule has 0 radical (unpaired) electrons. The minimum absolute atomic E-state index is 0.156. The topological polar surface area (TPSA) is 23.5 Å². The van der Waals surface area contributed by atoms with E-state index in [0.717, 1.165) is 25.1 Å². The van der Waals surface area contributed by atoms with Crippen molar-refractivity contribution < 1.29 is 5.11 Å². The number of aliphatic hydroxyl groups is 1. The van der Waals surface area contributed by atoms with Crippen LogP contribution in [0.3, 0.4) is 0 Å². The van der Waals surface area contributed by atoms with Crippen LogP contribution in [-0.2, 0) is 5.60 Å². The van der Waals surface area contributed by atoms with Gasteiger partial charge in [-0.15, -0.1) is 0 Å². The van der Waals surface area contributed by atoms with Crippen LogP contribution in [0.1, 0.15) is 36.1 Å². The van der Waals surface area contributed by atoms with E-state index in [1.807, 2.05) is 18.2 Å². The summed E-state index contributed by atoms with van der Waals surface area (Å²) in [6.07, 6.45) is 0.744. The molecule has 2 atom stereocenters. The van der Waals surface area contributed by atoms with Crippen LogP contribution in [0, 0.1) is 5.92 Å². The maximum absolute atomic E-state index is 11.4. The summed E-state index contributed by atoms with van der Waals surface area (Å²) in [6, 6.07) is 31.8. The fourth-order valence-electron chi connectivity index (χ4n) is 4.43. The van der Waals surface area contributed by atoms with E-state index in [2.05, 4.69) is 84.6 Å². The Hall–Kier alpha value is -2.42. The lowest BCUT2D eigenvalue weighted by Gasteiger charge is -2.46. The fourth-order valence-corrected chi connectivity index (χ4v) is 4.43. The van der Waals surface area contributed by atoms with E-state index in [9.17, 15) is 5.11 Å². The van der Waals surface area contributed by atoms with Crippen LogP contribution in [0.2, 0.25) is 0 Å². The van der Waals surface area contributed by atoms with Crippen molar-refractivity contribution in [2.75, 3.05) is 13.1 Å². The molecule has 0 saturated carbocycles. The Bertz CT molecular complexity index is 810. The van der Waals surface area contributed by atoms with Crippen molar-refractivity contribution in [2.24, 2.45) is 5.92 Å². The molecule has 0 aromatic heterocycles. The summed E-state index contributed by atoms with van der Waals surface area (Å²) in [5, 5.41) is 11.4. The summed E-state index contributed by atoms with van der Waals surface area (Å²) >= 11 is 0. The molecule has 4 rings (SSSR count). The van der Waals surface area contributed by atoms with Crippen molar-refractivity contribution in [3.8, 4) is 0 Å². The molecular formula is C25H27NO. The lowest BCUT2D eigenvalue weighted by Crippen LogP contribution is -2.50. The maximum Gasteiger partial charge on any atom is 0.0946 e. The SMILES string of the molecule is CC1CN(C(c2ccccc2)c2ccccc2)CCC1(O)c1ccccc1. The zero-order valence-corrected chi connectivity index (χ0v) is 15.8. The largest absolute Gasteiger partial charge is 0.385 e. The Labute approximate surface area is 162 Å². The number of rotatable bonds is 4. The molecule has 0 spiro atoms. The van der Waals surface area contributed by atoms with Crippen LogP contribution in [0.4, 0.5) is 0 Å². The molecule has 1 heterocycles. The minimum Gasteiger partial charge on any atom is -0.385 e. The highest BCUT2D eigenvalue weighted by atomic mass is 16.3. The molecule has 3 aromatic rings. The predicted octanol–water partition coefficient (Wildman–Crippen LogP) is 5.01. The van der Waals surface area contributed by atoms with Crippen LogP contribution in [0.5, 0.6) is 0 Å². The van der Waals surface area contributed by atoms with Gasteiger partial charge in [-0.05, 0) is 23.1 Å². The Morgan fingerprint density at radius 1 is 0.815 bits per heavy atom. The second kappa shape index (κ2) is 7.67. The number of hydrogen-bond donors (Lipinski definition) is 1. The summed E-state index contributed by atoms with van der Waals surface area (Å²) in [5.74, 6) is 0.156. The van der Waals surface area contributed by atoms with Gasteiger partial charge in [0.25, 0.3) is 0 Å². The molecule has 2 heteroatoms. The van der Waals surface area contributed by atoms with Crippen molar-refractivity contribution in [1.82, 2.24) is 4.90 Å². The van der Waals surface area contributed by atoms with Gasteiger partial charge in [0.05, 0.1) is 11.6 Å². The van der Waals surface area contributed by atoms with Gasteiger partial charge < -0.3 is 5.11 Å². The quantitative estimate of drug-likeness (QED) is 0.710. The van der Waals surface area contributed by atoms with Gasteiger partial charge >= 0.3 is 0 Å². The third-order valence-electron chi connectivity index (χ3n) is 5.97. The highest BCUT2D eigenvalue weighted by Crippen LogP contribution is 2.41. The number of benzene rings is 3. The summed E-state index contributed by atoms with van der Waals surface area (Å²) < 4.78 is 0. The van der Waals surface area contributed by atoms with Gasteiger partial charge in [-0.3, -0.25) is 4.90 Å². The Morgan fingerprint density at radius 2 is 1.30 bits per heavy atom. The van der Waals surface area contributed by atoms with Crippen molar-refractivity contribution >= 4 is 0 Å². The zero-order valence-electron chi connectivity index (χ0n) is 15.8. The Kier molecular flexibility index (Phi) is 5.11. The van der Waals surface area contributed by atoms with Gasteiger partial charge in [0.15, 0.2) is 0 Å². The van der Waals surface area contributed by atoms with Crippen LogP contribution < -0.4 is 0 Å². The molecule has 0 aliphatic carbocycles. The smallest absolute Gasteiger partial charge is 0.0946 e. The lowest BCUT2D eigenvalue weighted by atomic mass is 9.76. The van der Waals surface area contributed by atoms with E-state index < -0.39 is 5.60 Å². The molecule has 1 aliphatic heterocycles. The van der Waals surface area contributed by atoms with Gasteiger partial charge in [-0.1, -0.05) is 97.9 Å². The first-order chi connectivity index (χ1) is 13.2. The number of hydrogen-bond acceptors (Lipinski definition) is 2. The molecule has 1 saturated heterocycles. The number of nitrogens with zero attached hydrogens (tertiary/aromatic N) is 1. The highest BCUT2D eigenvalue weighted by Gasteiger charge is 2.42. The first-order valence-electron chi connectivity index (χ1n) is 9.80. The second-order valence-electron chi connectivity index (χ2n) is 7.66. The molecule has 0 amide bonds. The van der Waals surface area contributed by atoms with Crippen molar-refractivity contribution in [3.05, 3.63) is 108 Å². The first-order valence-corrected chi connectivity index (χ1v) is 9.80. The van der Waals surface area contributed by atoms with E-state index in [0.29, 0.717) is 0 Å². The highest BCUT2D eigenvalue weighted by molar-refractivity contribution is 5.32. The molecule has 0 bridgehead atoms. The predicted molar refractivity (Wildman–Crippen MR) is 110 cm³/mol. The molecule has 138 valence electrons. The number of likely N-dealkylation sites (tertiary alicyclic amines) is 1. The second-order valence-corrected chi connectivity index (χ2v) is 7.66. The standard InChI is InChI=1S/C25H27NO/c1-20-19-26(18-17-25(20,27)23-15-9-4-10-16-23)24(21-11-5-2-6-12-21)22-13-7-3-8-14-22/h2-16,20,24,27H,17-19H2,1H3. The van der Waals surface area contributed by atoms with E-state index in [-0.39, 0.29) is 12.0 Å². The molecule has 3 aromatic carbocycles. The minimum atomic E-state index is -0.754. The van der Waals surface area contributed by atoms with Crippen molar-refractivity contribution in [2.45, 2.75) is 25.0 Å². The maximum atomic E-state index is 11.4. The molecule has 2 unspecified atom stereocenters. The van der Waals surface area contributed by atoms with Crippen LogP contribution in [0.25, 0.3) is 0 Å². The molecule has 1 aliphatic rings. The third-order valence-corrected chi connectivity index (χ3v) is 5.97. The normalized spacial score (nSPS) is 23.4. The monoisotopic (exact) mass is 357 g/mol. The molecule has 1 fully saturated rings. The van der Waals surface area contributed by atoms with Gasteiger partial charge in [0, 0.05) is 19.0 Å². The fraction of sp³-hybridized carbons (Fsp3) is 0.280. The first kappa shape index (κ1) is 18.0. The van der Waals surface area contributed by atoms with Gasteiger partial charge in [-0.2, -0.15) is 0 Å². The van der Waals surface area contributed by atoms with E-state index >= 15 is 0 Å². The summed E-state index contributed by atoms with van der Waals surface area (Å²) in [7, 11) is 0. The lowest BCUT2D eigenvalue weighted by molar-refractivity contribution is -0.0770. The van der Waals surface area contributed by atoms with Crippen LogP contribution in [0.15, 0.2) is 91.0 Å². The van der Waals surface area contributed by atoms with Gasteiger partial charge in [0.2, 0.25) is 0 Å². The van der Waals surface area contributed by atoms with E-state index in [1.165, 1.54) is 11.1 Å². The molecule has 2 nitrogen and oxygen atoms in total. The zero-order chi connectivity index (χ0) is 18.7. The van der Waals surface area contributed by atoms with E-state index in [4.69, 9.17) is 0 Å². The van der Waals surface area contributed by atoms with Gasteiger partial charge in [0.1, 0.15) is 0 Å². The van der Waals surface area contributed by atoms with Crippen LogP contribution >= 0.6 is 0 Å². The Morgan fingerprint density at radius 3 is 1.78 bits per heavy atom. The Balaban J connectivity index is 1.64. The molecule has 27 heavy (non-hydrogen) atoms. The van der Waals surface area contributed by atoms with E-state index in [1.54, 1.807) is 0 Å². The summed E-state index contributed by atoms with van der Waals surface area (Å²) in [4.78, 5) is 2.52. The van der Waals surface area contributed by atoms with Crippen LogP contribution in [-0.4, -0.2) is 23.1 Å². The van der Waals surface area contributed by atoms with Crippen molar-refractivity contribution in [3.63, 3.8) is 0 Å². The molecular weight excluding hydrogens is 330 g/mol. The molecule has 1 N–H and O–H groups in total. The van der Waals surface area contributed by atoms with Crippen molar-refractivity contribution in [1.29, 1.82) is 0 Å². The summed E-state index contributed by atoms with van der Waals surface area (Å²) in [5.41, 5.74) is 2.89. The van der Waals surface area contributed by atoms with Gasteiger partial charge in [-0.25, -0.2) is 0 Å². The number of piperidine rings is 1. The third kappa shape index (κ3) is 3.55. The average Bonchev–Trinajstić information content (AvgIpc) is 2.73.